The summed E-state index contributed by atoms with van der Waals surface area (Å²) < 4.78 is 5.59. The number of hydrogen-bond acceptors (Lipinski definition) is 2. The maximum atomic E-state index is 5.59. The molecule has 0 amide bonds. The van der Waals surface area contributed by atoms with Crippen molar-refractivity contribution in [1.29, 1.82) is 0 Å². The quantitative estimate of drug-likeness (QED) is 0.888. The number of fused-ring (bicyclic) bond motifs is 2. The number of hydrogen-bond donors (Lipinski definition) is 1. The molecule has 1 aromatic rings. The summed E-state index contributed by atoms with van der Waals surface area (Å²) in [6.07, 6.45) is 8.04. The molecule has 1 aliphatic heterocycles. The maximum absolute atomic E-state index is 5.59. The standard InChI is InChI=1S/C18H25NO/c1-19-16(18-14-3-2-4-15(14)18)7-5-12-6-8-17-13(11-12)9-10-20-17/h6,8,11,14-16,18-19H,2-5,7,9-10H2,1H3. The topological polar surface area (TPSA) is 21.3 Å². The second kappa shape index (κ2) is 5.07. The fourth-order valence-electron chi connectivity index (χ4n) is 4.72. The van der Waals surface area contributed by atoms with Gasteiger partial charge >= 0.3 is 0 Å². The highest BCUT2D eigenvalue weighted by molar-refractivity contribution is 5.39. The first-order valence-corrected chi connectivity index (χ1v) is 8.28. The zero-order valence-electron chi connectivity index (χ0n) is 12.4. The van der Waals surface area contributed by atoms with Crippen molar-refractivity contribution in [2.45, 2.75) is 44.6 Å². The van der Waals surface area contributed by atoms with Crippen LogP contribution in [-0.4, -0.2) is 19.7 Å². The zero-order valence-corrected chi connectivity index (χ0v) is 12.4. The van der Waals surface area contributed by atoms with E-state index in [1.165, 1.54) is 43.2 Å². The van der Waals surface area contributed by atoms with Crippen LogP contribution < -0.4 is 10.1 Å². The fourth-order valence-corrected chi connectivity index (χ4v) is 4.72. The van der Waals surface area contributed by atoms with Crippen molar-refractivity contribution in [3.63, 3.8) is 0 Å². The van der Waals surface area contributed by atoms with E-state index in [2.05, 4.69) is 30.6 Å². The van der Waals surface area contributed by atoms with E-state index in [0.717, 1.165) is 42.6 Å². The van der Waals surface area contributed by atoms with Gasteiger partial charge in [0, 0.05) is 12.5 Å². The van der Waals surface area contributed by atoms with E-state index in [-0.39, 0.29) is 0 Å². The Labute approximate surface area is 121 Å². The van der Waals surface area contributed by atoms with Gasteiger partial charge in [0.1, 0.15) is 5.75 Å². The van der Waals surface area contributed by atoms with Gasteiger partial charge in [0.2, 0.25) is 0 Å². The van der Waals surface area contributed by atoms with E-state index in [1.54, 1.807) is 0 Å². The molecule has 2 aliphatic carbocycles. The molecule has 1 aromatic carbocycles. The summed E-state index contributed by atoms with van der Waals surface area (Å²) in [5.41, 5.74) is 2.90. The molecule has 0 aromatic heterocycles. The summed E-state index contributed by atoms with van der Waals surface area (Å²) in [6, 6.07) is 7.51. The third-order valence-corrected chi connectivity index (χ3v) is 5.81. The first-order chi connectivity index (χ1) is 9.86. The van der Waals surface area contributed by atoms with Crippen LogP contribution in [-0.2, 0) is 12.8 Å². The molecule has 3 atom stereocenters. The van der Waals surface area contributed by atoms with Crippen molar-refractivity contribution >= 4 is 0 Å². The Balaban J connectivity index is 1.37. The average Bonchev–Trinajstić information content (AvgIpc) is 2.89. The maximum Gasteiger partial charge on any atom is 0.122 e. The highest BCUT2D eigenvalue weighted by Gasteiger charge is 2.55. The summed E-state index contributed by atoms with van der Waals surface area (Å²) in [5.74, 6) is 4.20. The Morgan fingerprint density at radius 3 is 2.95 bits per heavy atom. The molecule has 108 valence electrons. The molecule has 0 bridgehead atoms. The van der Waals surface area contributed by atoms with E-state index in [9.17, 15) is 0 Å². The van der Waals surface area contributed by atoms with Crippen molar-refractivity contribution in [3.05, 3.63) is 29.3 Å². The molecule has 2 fully saturated rings. The molecule has 0 saturated heterocycles. The minimum Gasteiger partial charge on any atom is -0.493 e. The zero-order chi connectivity index (χ0) is 13.5. The van der Waals surface area contributed by atoms with Crippen LogP contribution in [0.15, 0.2) is 18.2 Å². The SMILES string of the molecule is CNC(CCc1ccc2c(c1)CCO2)C1C2CCCC21. The molecule has 3 aliphatic rings. The molecule has 2 heteroatoms. The lowest BCUT2D eigenvalue weighted by atomic mass is 9.96. The van der Waals surface area contributed by atoms with Crippen molar-refractivity contribution in [1.82, 2.24) is 5.32 Å². The van der Waals surface area contributed by atoms with Crippen LogP contribution in [0.1, 0.15) is 36.8 Å². The molecular weight excluding hydrogens is 246 g/mol. The highest BCUT2D eigenvalue weighted by Crippen LogP contribution is 2.59. The van der Waals surface area contributed by atoms with E-state index in [0.29, 0.717) is 0 Å². The van der Waals surface area contributed by atoms with Crippen LogP contribution in [0.4, 0.5) is 0 Å². The summed E-state index contributed by atoms with van der Waals surface area (Å²) in [4.78, 5) is 0. The molecule has 4 rings (SSSR count). The third kappa shape index (κ3) is 2.14. The van der Waals surface area contributed by atoms with Crippen molar-refractivity contribution in [2.75, 3.05) is 13.7 Å². The van der Waals surface area contributed by atoms with Crippen LogP contribution >= 0.6 is 0 Å². The normalized spacial score (nSPS) is 31.6. The second-order valence-corrected chi connectivity index (χ2v) is 6.81. The number of rotatable bonds is 5. The molecule has 0 spiro atoms. The molecule has 0 radical (unpaired) electrons. The first kappa shape index (κ1) is 12.7. The predicted molar refractivity (Wildman–Crippen MR) is 81.1 cm³/mol. The predicted octanol–water partition coefficient (Wildman–Crippen LogP) is 3.19. The fraction of sp³-hybridized carbons (Fsp3) is 0.667. The van der Waals surface area contributed by atoms with Crippen LogP contribution in [0.25, 0.3) is 0 Å². The largest absolute Gasteiger partial charge is 0.493 e. The number of nitrogens with one attached hydrogen (secondary N) is 1. The number of aryl methyl sites for hydroxylation is 1. The van der Waals surface area contributed by atoms with Crippen LogP contribution in [0.3, 0.4) is 0 Å². The van der Waals surface area contributed by atoms with E-state index in [1.807, 2.05) is 0 Å². The monoisotopic (exact) mass is 271 g/mol. The van der Waals surface area contributed by atoms with E-state index >= 15 is 0 Å². The summed E-state index contributed by atoms with van der Waals surface area (Å²) in [5, 5.41) is 3.59. The molecule has 3 unspecified atom stereocenters. The minimum atomic E-state index is 0.731. The lowest BCUT2D eigenvalue weighted by Gasteiger charge is -2.18. The van der Waals surface area contributed by atoms with Gasteiger partial charge in [-0.2, -0.15) is 0 Å². The Morgan fingerprint density at radius 1 is 1.30 bits per heavy atom. The lowest BCUT2D eigenvalue weighted by Crippen LogP contribution is -2.29. The Kier molecular flexibility index (Phi) is 3.22. The van der Waals surface area contributed by atoms with E-state index < -0.39 is 0 Å². The molecule has 20 heavy (non-hydrogen) atoms. The molecular formula is C18H25NO. The van der Waals surface area contributed by atoms with Gasteiger partial charge in [0.05, 0.1) is 6.61 Å². The first-order valence-electron chi connectivity index (χ1n) is 8.28. The Hall–Kier alpha value is -1.02. The highest BCUT2D eigenvalue weighted by atomic mass is 16.5. The number of benzene rings is 1. The molecule has 2 nitrogen and oxygen atoms in total. The number of ether oxygens (including phenoxy) is 1. The van der Waals surface area contributed by atoms with Gasteiger partial charge in [-0.3, -0.25) is 0 Å². The molecule has 1 N–H and O–H groups in total. The molecule has 2 saturated carbocycles. The van der Waals surface area contributed by atoms with E-state index in [4.69, 9.17) is 4.74 Å². The summed E-state index contributed by atoms with van der Waals surface area (Å²) >= 11 is 0. The van der Waals surface area contributed by atoms with Gasteiger partial charge in [0.15, 0.2) is 0 Å². The van der Waals surface area contributed by atoms with Crippen LogP contribution in [0.2, 0.25) is 0 Å². The van der Waals surface area contributed by atoms with Crippen LogP contribution in [0.5, 0.6) is 5.75 Å². The van der Waals surface area contributed by atoms with Crippen molar-refractivity contribution in [2.24, 2.45) is 17.8 Å². The van der Waals surface area contributed by atoms with Gasteiger partial charge in [-0.25, -0.2) is 0 Å². The smallest absolute Gasteiger partial charge is 0.122 e. The average molecular weight is 271 g/mol. The summed E-state index contributed by atoms with van der Waals surface area (Å²) in [7, 11) is 2.15. The minimum absolute atomic E-state index is 0.731. The van der Waals surface area contributed by atoms with Crippen molar-refractivity contribution in [3.8, 4) is 5.75 Å². The molecule has 1 heterocycles. The van der Waals surface area contributed by atoms with Gasteiger partial charge in [-0.15, -0.1) is 0 Å². The van der Waals surface area contributed by atoms with Gasteiger partial charge in [-0.05, 0) is 67.7 Å². The Bertz CT molecular complexity index is 488. The third-order valence-electron chi connectivity index (χ3n) is 5.81. The van der Waals surface area contributed by atoms with Crippen molar-refractivity contribution < 1.29 is 4.74 Å². The lowest BCUT2D eigenvalue weighted by molar-refractivity contribution is 0.357. The second-order valence-electron chi connectivity index (χ2n) is 6.81. The Morgan fingerprint density at radius 2 is 2.15 bits per heavy atom. The van der Waals surface area contributed by atoms with Crippen LogP contribution in [0, 0.1) is 17.8 Å². The van der Waals surface area contributed by atoms with Gasteiger partial charge in [0.25, 0.3) is 0 Å². The summed E-state index contributed by atoms with van der Waals surface area (Å²) in [6.45, 7) is 0.864. The van der Waals surface area contributed by atoms with Gasteiger partial charge < -0.3 is 10.1 Å². The van der Waals surface area contributed by atoms with Gasteiger partial charge in [-0.1, -0.05) is 18.6 Å².